The summed E-state index contributed by atoms with van der Waals surface area (Å²) >= 11 is 0.600. The van der Waals surface area contributed by atoms with Crippen LogP contribution >= 0.6 is 12.1 Å². The van der Waals surface area contributed by atoms with E-state index in [1.807, 2.05) is 0 Å². The summed E-state index contributed by atoms with van der Waals surface area (Å²) in [5, 5.41) is 16.3. The van der Waals surface area contributed by atoms with Gasteiger partial charge in [0.2, 0.25) is 0 Å². The lowest BCUT2D eigenvalue weighted by Crippen LogP contribution is -2.28. The van der Waals surface area contributed by atoms with Crippen LogP contribution in [0.15, 0.2) is 0 Å². The lowest BCUT2D eigenvalue weighted by molar-refractivity contribution is -0.121. The van der Waals surface area contributed by atoms with E-state index in [0.29, 0.717) is 12.1 Å². The Morgan fingerprint density at radius 1 is 1.09 bits per heavy atom. The van der Waals surface area contributed by atoms with Gasteiger partial charge in [-0.05, 0) is 0 Å². The molecule has 2 amide bonds. The Bertz CT molecular complexity index is 135. The number of nitrogens with one attached hydrogen (secondary N) is 2. The molecule has 11 heavy (non-hydrogen) atoms. The molecule has 0 aromatic carbocycles. The topological polar surface area (TPSA) is 98.7 Å². The van der Waals surface area contributed by atoms with Crippen molar-refractivity contribution in [3.05, 3.63) is 0 Å². The van der Waals surface area contributed by atoms with Crippen LogP contribution < -0.4 is 9.44 Å². The quantitative estimate of drug-likeness (QED) is 0.367. The number of aliphatic hydroxyl groups excluding tert-OH is 2. The van der Waals surface area contributed by atoms with Gasteiger partial charge in [0, 0.05) is 0 Å². The number of rotatable bonds is 4. The first-order valence-electron chi connectivity index (χ1n) is 2.66. The normalized spacial score (nSPS) is 8.91. The third-order valence-corrected chi connectivity index (χ3v) is 1.28. The summed E-state index contributed by atoms with van der Waals surface area (Å²) in [4.78, 5) is 20.6. The predicted octanol–water partition coefficient (Wildman–Crippen LogP) is -2.23. The van der Waals surface area contributed by atoms with Crippen molar-refractivity contribution in [2.24, 2.45) is 0 Å². The molecule has 0 heterocycles. The van der Waals surface area contributed by atoms with Gasteiger partial charge in [0.1, 0.15) is 13.2 Å². The van der Waals surface area contributed by atoms with Crippen molar-refractivity contribution in [1.29, 1.82) is 0 Å². The second kappa shape index (κ2) is 5.96. The molecule has 0 saturated heterocycles. The van der Waals surface area contributed by atoms with E-state index in [4.69, 9.17) is 10.2 Å². The Morgan fingerprint density at radius 2 is 1.45 bits per heavy atom. The lowest BCUT2D eigenvalue weighted by Gasteiger charge is -2.00. The number of carbonyl (C=O) groups is 2. The number of aliphatic hydroxyl groups is 2. The van der Waals surface area contributed by atoms with Gasteiger partial charge >= 0.3 is 0 Å². The highest BCUT2D eigenvalue weighted by Crippen LogP contribution is 1.83. The summed E-state index contributed by atoms with van der Waals surface area (Å²) in [5.74, 6) is -1.23. The van der Waals surface area contributed by atoms with Gasteiger partial charge in [-0.2, -0.15) is 0 Å². The second-order valence-corrected chi connectivity index (χ2v) is 2.08. The van der Waals surface area contributed by atoms with Gasteiger partial charge in [0.25, 0.3) is 11.8 Å². The number of amides is 2. The van der Waals surface area contributed by atoms with E-state index in [1.165, 1.54) is 0 Å². The number of hydrogen-bond acceptors (Lipinski definition) is 5. The summed E-state index contributed by atoms with van der Waals surface area (Å²) in [6.45, 7) is -1.27. The molecule has 0 atom stereocenters. The molecule has 7 heteroatoms. The highest BCUT2D eigenvalue weighted by molar-refractivity contribution is 7.96. The van der Waals surface area contributed by atoms with Crippen molar-refractivity contribution >= 4 is 23.9 Å². The molecule has 6 nitrogen and oxygen atoms in total. The maximum absolute atomic E-state index is 10.3. The van der Waals surface area contributed by atoms with Gasteiger partial charge in [0.15, 0.2) is 0 Å². The zero-order chi connectivity index (χ0) is 8.69. The summed E-state index contributed by atoms with van der Waals surface area (Å²) in [6.07, 6.45) is 0. The van der Waals surface area contributed by atoms with Crippen molar-refractivity contribution in [2.45, 2.75) is 0 Å². The van der Waals surface area contributed by atoms with E-state index in [-0.39, 0.29) is 0 Å². The number of hydrogen-bond donors (Lipinski definition) is 4. The molecule has 0 spiro atoms. The van der Waals surface area contributed by atoms with Crippen molar-refractivity contribution < 1.29 is 19.8 Å². The first kappa shape index (κ1) is 10.2. The van der Waals surface area contributed by atoms with Crippen LogP contribution in [0.3, 0.4) is 0 Å². The van der Waals surface area contributed by atoms with E-state index < -0.39 is 25.0 Å². The zero-order valence-corrected chi connectivity index (χ0v) is 6.35. The standard InChI is InChI=1S/C4H8N2O4S/c7-1-3(9)5-11-6-4(10)2-8/h7-8H,1-2H2,(H,5,9)(H,6,10). The fraction of sp³-hybridized carbons (Fsp3) is 0.500. The Kier molecular flexibility index (Phi) is 5.53. The monoisotopic (exact) mass is 180 g/mol. The largest absolute Gasteiger partial charge is 0.387 e. The fourth-order valence-corrected chi connectivity index (χ4v) is 0.612. The molecule has 0 aliphatic rings. The average molecular weight is 180 g/mol. The third-order valence-electron chi connectivity index (χ3n) is 0.617. The van der Waals surface area contributed by atoms with Gasteiger partial charge in [-0.3, -0.25) is 19.0 Å². The van der Waals surface area contributed by atoms with Crippen molar-refractivity contribution in [1.82, 2.24) is 9.44 Å². The number of carbonyl (C=O) groups excluding carboxylic acids is 2. The molecule has 0 unspecified atom stereocenters. The molecule has 0 rings (SSSR count). The van der Waals surface area contributed by atoms with Crippen LogP contribution in [0.2, 0.25) is 0 Å². The van der Waals surface area contributed by atoms with Gasteiger partial charge in [-0.15, -0.1) is 0 Å². The van der Waals surface area contributed by atoms with Crippen LogP contribution in [0.1, 0.15) is 0 Å². The summed E-state index contributed by atoms with van der Waals surface area (Å²) in [7, 11) is 0. The van der Waals surface area contributed by atoms with Crippen LogP contribution in [-0.4, -0.2) is 35.2 Å². The average Bonchev–Trinajstić information content (AvgIpc) is 2.04. The maximum atomic E-state index is 10.3. The molecule has 64 valence electrons. The Hall–Kier alpha value is -0.790. The summed E-state index contributed by atoms with van der Waals surface area (Å²) < 4.78 is 4.16. The molecule has 0 saturated carbocycles. The van der Waals surface area contributed by atoms with Crippen LogP contribution in [0.25, 0.3) is 0 Å². The smallest absolute Gasteiger partial charge is 0.256 e. The van der Waals surface area contributed by atoms with Crippen molar-refractivity contribution in [3.63, 3.8) is 0 Å². The Morgan fingerprint density at radius 3 is 1.73 bits per heavy atom. The van der Waals surface area contributed by atoms with Crippen LogP contribution in [0.4, 0.5) is 0 Å². The minimum atomic E-state index is -0.637. The van der Waals surface area contributed by atoms with Crippen LogP contribution in [0, 0.1) is 0 Å². The molecular weight excluding hydrogens is 172 g/mol. The molecule has 0 radical (unpaired) electrons. The minimum Gasteiger partial charge on any atom is -0.387 e. The van der Waals surface area contributed by atoms with Gasteiger partial charge < -0.3 is 10.2 Å². The molecular formula is C4H8N2O4S. The summed E-state index contributed by atoms with van der Waals surface area (Å²) in [5.41, 5.74) is 0. The molecule has 0 aliphatic carbocycles. The molecule has 0 aromatic heterocycles. The molecule has 0 aliphatic heterocycles. The fourth-order valence-electron chi connectivity index (χ4n) is 0.204. The highest BCUT2D eigenvalue weighted by atomic mass is 32.2. The highest BCUT2D eigenvalue weighted by Gasteiger charge is 1.99. The minimum absolute atomic E-state index is 0.600. The SMILES string of the molecule is O=C(CO)NSNC(=O)CO. The van der Waals surface area contributed by atoms with E-state index in [0.717, 1.165) is 0 Å². The van der Waals surface area contributed by atoms with E-state index >= 15 is 0 Å². The zero-order valence-electron chi connectivity index (χ0n) is 5.53. The van der Waals surface area contributed by atoms with E-state index in [1.54, 1.807) is 0 Å². The third kappa shape index (κ3) is 5.64. The lowest BCUT2D eigenvalue weighted by atomic mass is 10.7. The first-order chi connectivity index (χ1) is 5.20. The second-order valence-electron chi connectivity index (χ2n) is 1.47. The molecule has 4 N–H and O–H groups in total. The van der Waals surface area contributed by atoms with Gasteiger partial charge in [-0.25, -0.2) is 0 Å². The first-order valence-corrected chi connectivity index (χ1v) is 3.47. The molecule has 0 bridgehead atoms. The van der Waals surface area contributed by atoms with E-state index in [9.17, 15) is 9.59 Å². The van der Waals surface area contributed by atoms with Crippen LogP contribution in [0.5, 0.6) is 0 Å². The summed E-state index contributed by atoms with van der Waals surface area (Å²) in [6, 6.07) is 0. The Balaban J connectivity index is 3.27. The molecule has 0 fully saturated rings. The van der Waals surface area contributed by atoms with Crippen molar-refractivity contribution in [2.75, 3.05) is 13.2 Å². The Labute approximate surface area is 67.2 Å². The predicted molar refractivity (Wildman–Crippen MR) is 38.0 cm³/mol. The van der Waals surface area contributed by atoms with Gasteiger partial charge in [0.05, 0.1) is 12.1 Å². The van der Waals surface area contributed by atoms with Gasteiger partial charge in [-0.1, -0.05) is 0 Å². The molecule has 0 aromatic rings. The van der Waals surface area contributed by atoms with E-state index in [2.05, 4.69) is 9.44 Å². The maximum Gasteiger partial charge on any atom is 0.256 e. The van der Waals surface area contributed by atoms with Crippen LogP contribution in [-0.2, 0) is 9.59 Å². The van der Waals surface area contributed by atoms with Crippen molar-refractivity contribution in [3.8, 4) is 0 Å².